The Kier molecular flexibility index (Phi) is 3.29. The number of allylic oxidation sites excluding steroid dienone is 2. The van der Waals surface area contributed by atoms with Crippen LogP contribution in [0, 0.1) is 17.8 Å². The number of hydrogen-bond donors (Lipinski definition) is 1. The predicted molar refractivity (Wildman–Crippen MR) is 84.0 cm³/mol. The summed E-state index contributed by atoms with van der Waals surface area (Å²) in [5.74, 6) is 2.41. The second-order valence-electron chi connectivity index (χ2n) is 6.26. The van der Waals surface area contributed by atoms with Crippen molar-refractivity contribution < 1.29 is 9.53 Å². The van der Waals surface area contributed by atoms with E-state index < -0.39 is 0 Å². The third kappa shape index (κ3) is 2.39. The molecule has 3 unspecified atom stereocenters. The van der Waals surface area contributed by atoms with Crippen molar-refractivity contribution in [3.8, 4) is 5.75 Å². The Morgan fingerprint density at radius 3 is 3.00 bits per heavy atom. The molecule has 21 heavy (non-hydrogen) atoms. The molecule has 3 aliphatic rings. The van der Waals surface area contributed by atoms with Crippen LogP contribution in [0.25, 0.3) is 0 Å². The topological polar surface area (TPSA) is 38.3 Å². The summed E-state index contributed by atoms with van der Waals surface area (Å²) in [7, 11) is 0. The molecule has 3 nitrogen and oxygen atoms in total. The smallest absolute Gasteiger partial charge is 0.223 e. The molecule has 4 heteroatoms. The van der Waals surface area contributed by atoms with Crippen LogP contribution in [-0.2, 0) is 17.8 Å². The molecule has 1 amide bonds. The average molecular weight is 348 g/mol. The lowest BCUT2D eigenvalue weighted by atomic mass is 9.93. The van der Waals surface area contributed by atoms with Gasteiger partial charge in [-0.2, -0.15) is 0 Å². The number of benzene rings is 1. The molecule has 1 fully saturated rings. The summed E-state index contributed by atoms with van der Waals surface area (Å²) in [4.78, 5) is 12.4. The number of amides is 1. The van der Waals surface area contributed by atoms with Crippen LogP contribution in [0.15, 0.2) is 28.8 Å². The number of carbonyl (C=O) groups is 1. The van der Waals surface area contributed by atoms with Gasteiger partial charge >= 0.3 is 0 Å². The monoisotopic (exact) mass is 347 g/mol. The Hall–Kier alpha value is -1.29. The molecule has 4 rings (SSSR count). The lowest BCUT2D eigenvalue weighted by Gasteiger charge is -2.18. The molecular formula is C17H18BrNO2. The highest BCUT2D eigenvalue weighted by atomic mass is 79.9. The summed E-state index contributed by atoms with van der Waals surface area (Å²) in [6.45, 7) is 1.29. The molecule has 1 aromatic carbocycles. The van der Waals surface area contributed by atoms with Gasteiger partial charge in [-0.15, -0.1) is 0 Å². The molecule has 2 aliphatic carbocycles. The summed E-state index contributed by atoms with van der Waals surface area (Å²) < 4.78 is 6.76. The molecule has 1 aliphatic heterocycles. The number of fused-ring (bicyclic) bond motifs is 3. The molecule has 0 spiro atoms. The van der Waals surface area contributed by atoms with Gasteiger partial charge in [-0.25, -0.2) is 0 Å². The van der Waals surface area contributed by atoms with Crippen LogP contribution in [0.5, 0.6) is 5.75 Å². The third-order valence-electron chi connectivity index (χ3n) is 4.89. The maximum absolute atomic E-state index is 12.4. The van der Waals surface area contributed by atoms with E-state index in [4.69, 9.17) is 4.74 Å². The zero-order chi connectivity index (χ0) is 14.4. The minimum atomic E-state index is 0.168. The van der Waals surface area contributed by atoms with Crippen molar-refractivity contribution in [3.63, 3.8) is 0 Å². The number of halogens is 1. The van der Waals surface area contributed by atoms with Crippen molar-refractivity contribution in [1.82, 2.24) is 5.32 Å². The van der Waals surface area contributed by atoms with E-state index >= 15 is 0 Å². The minimum absolute atomic E-state index is 0.168. The van der Waals surface area contributed by atoms with E-state index in [-0.39, 0.29) is 11.8 Å². The van der Waals surface area contributed by atoms with E-state index in [1.54, 1.807) is 0 Å². The number of carbonyl (C=O) groups excluding carboxylic acids is 1. The lowest BCUT2D eigenvalue weighted by molar-refractivity contribution is -0.125. The Labute approximate surface area is 132 Å². The first-order valence-corrected chi connectivity index (χ1v) is 8.40. The van der Waals surface area contributed by atoms with Crippen LogP contribution >= 0.6 is 15.9 Å². The normalized spacial score (nSPS) is 28.5. The second kappa shape index (κ2) is 5.16. The minimum Gasteiger partial charge on any atom is -0.493 e. The summed E-state index contributed by atoms with van der Waals surface area (Å²) in [6, 6.07) is 4.15. The molecule has 1 saturated carbocycles. The number of rotatable bonds is 3. The molecule has 1 heterocycles. The maximum atomic E-state index is 12.4. The summed E-state index contributed by atoms with van der Waals surface area (Å²) in [5, 5.41) is 3.11. The molecule has 1 N–H and O–H groups in total. The van der Waals surface area contributed by atoms with Crippen molar-refractivity contribution >= 4 is 21.8 Å². The second-order valence-corrected chi connectivity index (χ2v) is 7.17. The highest BCUT2D eigenvalue weighted by Crippen LogP contribution is 2.43. The SMILES string of the molecule is O=C(NCc1cc(Br)cc2c1OCC2)C1CC2C=CC1C2. The maximum Gasteiger partial charge on any atom is 0.223 e. The molecule has 110 valence electrons. The zero-order valence-electron chi connectivity index (χ0n) is 11.8. The predicted octanol–water partition coefficient (Wildman–Crippen LogP) is 3.21. The van der Waals surface area contributed by atoms with Crippen LogP contribution in [0.4, 0.5) is 0 Å². The summed E-state index contributed by atoms with van der Waals surface area (Å²) in [5.41, 5.74) is 2.31. The molecule has 3 atom stereocenters. The summed E-state index contributed by atoms with van der Waals surface area (Å²) >= 11 is 3.54. The quantitative estimate of drug-likeness (QED) is 0.852. The van der Waals surface area contributed by atoms with Gasteiger partial charge in [0.2, 0.25) is 5.91 Å². The standard InChI is InChI=1S/C17H18BrNO2/c18-14-7-12-3-4-21-16(12)13(8-14)9-19-17(20)15-6-10-1-2-11(15)5-10/h1-2,7-8,10-11,15H,3-6,9H2,(H,19,20). The van der Waals surface area contributed by atoms with Gasteiger partial charge in [0.15, 0.2) is 0 Å². The van der Waals surface area contributed by atoms with Gasteiger partial charge in [-0.1, -0.05) is 28.1 Å². The third-order valence-corrected chi connectivity index (χ3v) is 5.35. The van der Waals surface area contributed by atoms with Gasteiger partial charge < -0.3 is 10.1 Å². The van der Waals surface area contributed by atoms with E-state index in [0.29, 0.717) is 18.4 Å². The molecule has 0 radical (unpaired) electrons. The van der Waals surface area contributed by atoms with Crippen LogP contribution < -0.4 is 10.1 Å². The van der Waals surface area contributed by atoms with Crippen molar-refractivity contribution in [2.75, 3.05) is 6.61 Å². The Morgan fingerprint density at radius 2 is 2.24 bits per heavy atom. The first-order chi connectivity index (χ1) is 10.2. The fraction of sp³-hybridized carbons (Fsp3) is 0.471. The van der Waals surface area contributed by atoms with Gasteiger partial charge in [-0.05, 0) is 42.4 Å². The van der Waals surface area contributed by atoms with Crippen LogP contribution in [0.2, 0.25) is 0 Å². The van der Waals surface area contributed by atoms with Gasteiger partial charge in [0.25, 0.3) is 0 Å². The fourth-order valence-corrected chi connectivity index (χ4v) is 4.43. The molecule has 0 aromatic heterocycles. The highest BCUT2D eigenvalue weighted by molar-refractivity contribution is 9.10. The first-order valence-electron chi connectivity index (χ1n) is 7.61. The Bertz CT molecular complexity index is 625. The van der Waals surface area contributed by atoms with Crippen LogP contribution in [0.3, 0.4) is 0 Å². The number of hydrogen-bond acceptors (Lipinski definition) is 2. The van der Waals surface area contributed by atoms with Crippen molar-refractivity contribution in [2.24, 2.45) is 17.8 Å². The zero-order valence-corrected chi connectivity index (χ0v) is 13.4. The number of ether oxygens (including phenoxy) is 1. The lowest BCUT2D eigenvalue weighted by Crippen LogP contribution is -2.32. The van der Waals surface area contributed by atoms with Gasteiger partial charge in [0.05, 0.1) is 6.61 Å². The van der Waals surface area contributed by atoms with E-state index in [9.17, 15) is 4.79 Å². The number of nitrogens with one attached hydrogen (secondary N) is 1. The molecular weight excluding hydrogens is 330 g/mol. The van der Waals surface area contributed by atoms with Crippen molar-refractivity contribution in [3.05, 3.63) is 39.9 Å². The van der Waals surface area contributed by atoms with E-state index in [1.165, 1.54) is 5.56 Å². The van der Waals surface area contributed by atoms with Gasteiger partial charge in [0.1, 0.15) is 5.75 Å². The Balaban J connectivity index is 1.45. The van der Waals surface area contributed by atoms with E-state index in [0.717, 1.165) is 41.7 Å². The fourth-order valence-electron chi connectivity index (χ4n) is 3.87. The highest BCUT2D eigenvalue weighted by Gasteiger charge is 2.39. The largest absolute Gasteiger partial charge is 0.493 e. The Morgan fingerprint density at radius 1 is 1.33 bits per heavy atom. The molecule has 2 bridgehead atoms. The molecule has 1 aromatic rings. The van der Waals surface area contributed by atoms with Crippen molar-refractivity contribution in [1.29, 1.82) is 0 Å². The van der Waals surface area contributed by atoms with E-state index in [1.807, 2.05) is 6.07 Å². The van der Waals surface area contributed by atoms with Crippen LogP contribution in [0.1, 0.15) is 24.0 Å². The first kappa shape index (κ1) is 13.4. The summed E-state index contributed by atoms with van der Waals surface area (Å²) in [6.07, 6.45) is 7.61. The molecule has 0 saturated heterocycles. The van der Waals surface area contributed by atoms with Gasteiger partial charge in [-0.3, -0.25) is 4.79 Å². The van der Waals surface area contributed by atoms with Crippen molar-refractivity contribution in [2.45, 2.75) is 25.8 Å². The van der Waals surface area contributed by atoms with Gasteiger partial charge in [0, 0.05) is 28.9 Å². The van der Waals surface area contributed by atoms with Crippen LogP contribution in [-0.4, -0.2) is 12.5 Å². The van der Waals surface area contributed by atoms with E-state index in [2.05, 4.69) is 39.5 Å². The average Bonchev–Trinajstić information content (AvgIpc) is 3.19.